The summed E-state index contributed by atoms with van der Waals surface area (Å²) in [5.74, 6) is 4.24. The van der Waals surface area contributed by atoms with Crippen LogP contribution >= 0.6 is 24.0 Å². The molecule has 0 unspecified atom stereocenters. The third-order valence-corrected chi connectivity index (χ3v) is 4.98. The molecule has 0 bridgehead atoms. The zero-order chi connectivity index (χ0) is 21.3. The second kappa shape index (κ2) is 12.8. The molecule has 0 spiro atoms. The molecule has 176 valence electrons. The van der Waals surface area contributed by atoms with Gasteiger partial charge in [-0.25, -0.2) is 0 Å². The van der Waals surface area contributed by atoms with Crippen LogP contribution in [0, 0.1) is 12.8 Å². The molecule has 4 rings (SSSR count). The Morgan fingerprint density at radius 3 is 2.84 bits per heavy atom. The second-order valence-corrected chi connectivity index (χ2v) is 7.85. The highest BCUT2D eigenvalue weighted by atomic mass is 127. The van der Waals surface area contributed by atoms with Crippen molar-refractivity contribution in [3.63, 3.8) is 0 Å². The first-order chi connectivity index (χ1) is 15.3. The number of guanidine groups is 1. The van der Waals surface area contributed by atoms with Crippen LogP contribution < -0.4 is 20.1 Å². The van der Waals surface area contributed by atoms with E-state index in [2.05, 4.69) is 20.8 Å². The summed E-state index contributed by atoms with van der Waals surface area (Å²) in [7, 11) is 0. The van der Waals surface area contributed by atoms with E-state index in [0.717, 1.165) is 49.2 Å². The summed E-state index contributed by atoms with van der Waals surface area (Å²) in [4.78, 5) is 8.93. The Labute approximate surface area is 205 Å². The summed E-state index contributed by atoms with van der Waals surface area (Å²) >= 11 is 0. The number of hydrogen-bond acceptors (Lipinski definition) is 7. The van der Waals surface area contributed by atoms with Gasteiger partial charge in [-0.1, -0.05) is 5.16 Å². The molecule has 2 N–H and O–H groups in total. The number of aliphatic imine (C=N–C) groups is 1. The Balaban J connectivity index is 0.00000289. The molecule has 2 heterocycles. The molecule has 1 aromatic carbocycles. The lowest BCUT2D eigenvalue weighted by molar-refractivity contribution is 0.123. The van der Waals surface area contributed by atoms with Crippen molar-refractivity contribution in [2.45, 2.75) is 39.0 Å². The smallest absolute Gasteiger partial charge is 0.228 e. The van der Waals surface area contributed by atoms with Gasteiger partial charge in [0, 0.05) is 50.9 Å². The van der Waals surface area contributed by atoms with E-state index in [1.807, 2.05) is 25.1 Å². The molecule has 2 aromatic rings. The number of halogens is 1. The molecule has 1 aliphatic heterocycles. The Hall–Kier alpha value is -2.08. The largest absolute Gasteiger partial charge is 0.490 e. The Morgan fingerprint density at radius 1 is 1.22 bits per heavy atom. The maximum atomic E-state index is 5.79. The lowest BCUT2D eigenvalue weighted by atomic mass is 10.2. The van der Waals surface area contributed by atoms with Crippen LogP contribution in [0.15, 0.2) is 27.7 Å². The second-order valence-electron chi connectivity index (χ2n) is 7.85. The summed E-state index contributed by atoms with van der Waals surface area (Å²) in [5.41, 5.74) is 0.883. The quantitative estimate of drug-likeness (QED) is 0.198. The van der Waals surface area contributed by atoms with Gasteiger partial charge in [0.15, 0.2) is 23.3 Å². The molecule has 1 saturated carbocycles. The van der Waals surface area contributed by atoms with Crippen molar-refractivity contribution in [1.29, 1.82) is 0 Å². The highest BCUT2D eigenvalue weighted by molar-refractivity contribution is 14.0. The van der Waals surface area contributed by atoms with E-state index < -0.39 is 0 Å². The highest BCUT2D eigenvalue weighted by Gasteiger charge is 2.20. The first-order valence-corrected chi connectivity index (χ1v) is 11.1. The lowest BCUT2D eigenvalue weighted by Crippen LogP contribution is -2.32. The molecule has 0 radical (unpaired) electrons. The van der Waals surface area contributed by atoms with Crippen molar-refractivity contribution in [3.8, 4) is 11.5 Å². The third-order valence-electron chi connectivity index (χ3n) is 4.98. The first-order valence-electron chi connectivity index (χ1n) is 11.1. The van der Waals surface area contributed by atoms with Crippen LogP contribution in [-0.4, -0.2) is 55.6 Å². The molecule has 32 heavy (non-hydrogen) atoms. The maximum Gasteiger partial charge on any atom is 0.228 e. The minimum absolute atomic E-state index is 0. The van der Waals surface area contributed by atoms with Gasteiger partial charge in [0.25, 0.3) is 0 Å². The van der Waals surface area contributed by atoms with Crippen molar-refractivity contribution >= 4 is 35.6 Å². The van der Waals surface area contributed by atoms with Crippen molar-refractivity contribution in [1.82, 2.24) is 15.5 Å². The number of fused-ring (bicyclic) bond motifs is 1. The molecule has 0 saturated heterocycles. The van der Waals surface area contributed by atoms with Crippen LogP contribution in [0.3, 0.4) is 0 Å². The van der Waals surface area contributed by atoms with E-state index in [1.54, 1.807) is 0 Å². The van der Waals surface area contributed by atoms with E-state index >= 15 is 0 Å². The predicted molar refractivity (Wildman–Crippen MR) is 132 cm³/mol. The maximum absolute atomic E-state index is 5.79. The molecule has 0 atom stereocenters. The molecule has 1 fully saturated rings. The summed E-state index contributed by atoms with van der Waals surface area (Å²) in [6.07, 6.45) is 5.00. The van der Waals surface area contributed by atoms with Gasteiger partial charge < -0.3 is 29.4 Å². The molecule has 10 heteroatoms. The average Bonchev–Trinajstić information content (AvgIpc) is 3.54. The Kier molecular flexibility index (Phi) is 9.85. The fraction of sp³-hybridized carbons (Fsp3) is 0.591. The van der Waals surface area contributed by atoms with Gasteiger partial charge in [-0.3, -0.25) is 4.99 Å². The van der Waals surface area contributed by atoms with Crippen LogP contribution in [0.4, 0.5) is 5.69 Å². The predicted octanol–water partition coefficient (Wildman–Crippen LogP) is 3.57. The van der Waals surface area contributed by atoms with Crippen molar-refractivity contribution in [2.24, 2.45) is 10.9 Å². The number of anilines is 1. The van der Waals surface area contributed by atoms with Crippen LogP contribution in [-0.2, 0) is 11.2 Å². The van der Waals surface area contributed by atoms with Crippen LogP contribution in [0.2, 0.25) is 0 Å². The normalized spacial score (nSPS) is 15.6. The summed E-state index contributed by atoms with van der Waals surface area (Å²) in [6, 6.07) is 5.83. The van der Waals surface area contributed by atoms with Crippen molar-refractivity contribution in [3.05, 3.63) is 29.9 Å². The highest BCUT2D eigenvalue weighted by Crippen LogP contribution is 2.32. The van der Waals surface area contributed by atoms with Crippen LogP contribution in [0.5, 0.6) is 11.5 Å². The standard InChI is InChI=1S/C22H31N5O4.HI/c1-16-25-21(31-27-16)8-10-24-22(23-9-2-11-28-15-17-4-5-17)26-18-6-7-19-20(14-18)30-13-3-12-29-19;/h6-7,14,17H,2-5,8-13,15H2,1H3,(H2,23,24,26);1H. The molecule has 2 aliphatic rings. The molecule has 1 aromatic heterocycles. The van der Waals surface area contributed by atoms with E-state index in [1.165, 1.54) is 12.8 Å². The van der Waals surface area contributed by atoms with Crippen LogP contribution in [0.1, 0.15) is 37.4 Å². The van der Waals surface area contributed by atoms with Gasteiger partial charge in [-0.2, -0.15) is 4.98 Å². The topological polar surface area (TPSA) is 103 Å². The van der Waals surface area contributed by atoms with Gasteiger partial charge in [0.05, 0.1) is 13.2 Å². The zero-order valence-electron chi connectivity index (χ0n) is 18.5. The summed E-state index contributed by atoms with van der Waals surface area (Å²) < 4.78 is 22.4. The molecule has 9 nitrogen and oxygen atoms in total. The lowest BCUT2D eigenvalue weighted by Gasteiger charge is -2.14. The number of hydrogen-bond donors (Lipinski definition) is 2. The number of rotatable bonds is 10. The van der Waals surface area contributed by atoms with Crippen molar-refractivity contribution < 1.29 is 18.7 Å². The fourth-order valence-electron chi connectivity index (χ4n) is 3.14. The van der Waals surface area contributed by atoms with Crippen molar-refractivity contribution in [2.75, 3.05) is 44.8 Å². The Bertz CT molecular complexity index is 872. The SMILES string of the molecule is Cc1noc(CCNC(=NCCCOCC2CC2)Nc2ccc3c(c2)OCCCO3)n1.I. The van der Waals surface area contributed by atoms with Gasteiger partial charge in [0.2, 0.25) is 5.89 Å². The number of benzene rings is 1. The number of nitrogens with zero attached hydrogens (tertiary/aromatic N) is 3. The monoisotopic (exact) mass is 557 g/mol. The molecule has 0 amide bonds. The first kappa shape index (κ1) is 24.6. The number of ether oxygens (including phenoxy) is 3. The van der Waals surface area contributed by atoms with E-state index in [-0.39, 0.29) is 24.0 Å². The summed E-state index contributed by atoms with van der Waals surface area (Å²) in [5, 5.41) is 10.5. The van der Waals surface area contributed by atoms with Crippen LogP contribution in [0.25, 0.3) is 0 Å². The fourth-order valence-corrected chi connectivity index (χ4v) is 3.14. The van der Waals surface area contributed by atoms with E-state index in [9.17, 15) is 0 Å². The minimum Gasteiger partial charge on any atom is -0.490 e. The van der Waals surface area contributed by atoms with E-state index in [0.29, 0.717) is 50.4 Å². The minimum atomic E-state index is 0. The number of nitrogens with one attached hydrogen (secondary N) is 2. The zero-order valence-corrected chi connectivity index (χ0v) is 20.8. The third kappa shape index (κ3) is 8.12. The average molecular weight is 557 g/mol. The Morgan fingerprint density at radius 2 is 2.06 bits per heavy atom. The number of aromatic nitrogens is 2. The molecular formula is C22H32IN5O4. The van der Waals surface area contributed by atoms with Gasteiger partial charge in [-0.05, 0) is 44.2 Å². The molecule has 1 aliphatic carbocycles. The summed E-state index contributed by atoms with van der Waals surface area (Å²) in [6.45, 7) is 6.04. The van der Waals surface area contributed by atoms with Gasteiger partial charge in [0.1, 0.15) is 0 Å². The van der Waals surface area contributed by atoms with Gasteiger partial charge >= 0.3 is 0 Å². The van der Waals surface area contributed by atoms with E-state index in [4.69, 9.17) is 23.7 Å². The number of aryl methyl sites for hydroxylation is 1. The molecular weight excluding hydrogens is 525 g/mol. The van der Waals surface area contributed by atoms with Gasteiger partial charge in [-0.15, -0.1) is 24.0 Å².